The van der Waals surface area contributed by atoms with Gasteiger partial charge in [0.1, 0.15) is 17.3 Å². The Morgan fingerprint density at radius 2 is 1.62 bits per heavy atom. The van der Waals surface area contributed by atoms with E-state index in [-0.39, 0.29) is 10.8 Å². The number of thiocarbonyl (C=S) groups is 1. The van der Waals surface area contributed by atoms with Crippen LogP contribution in [0.4, 0.5) is 14.5 Å². The monoisotopic (exact) mass is 406 g/mol. The number of benzene rings is 2. The molecule has 0 aliphatic carbocycles. The summed E-state index contributed by atoms with van der Waals surface area (Å²) in [5.74, 6) is 0.00889. The normalized spacial score (nSPS) is 10.5. The highest BCUT2D eigenvalue weighted by molar-refractivity contribution is 7.98. The molecule has 2 N–H and O–H groups in total. The van der Waals surface area contributed by atoms with Gasteiger partial charge in [-0.15, -0.1) is 0 Å². The van der Waals surface area contributed by atoms with Crippen molar-refractivity contribution in [2.24, 2.45) is 0 Å². The summed E-state index contributed by atoms with van der Waals surface area (Å²) in [6, 6.07) is 9.01. The van der Waals surface area contributed by atoms with Crippen LogP contribution in [-0.2, 0) is 5.75 Å². The smallest absolute Gasteiger partial charge is 0.170 e. The van der Waals surface area contributed by atoms with E-state index >= 15 is 0 Å². The second-order valence-corrected chi connectivity index (χ2v) is 7.06. The summed E-state index contributed by atoms with van der Waals surface area (Å²) in [7, 11) is 0. The number of halogens is 4. The Balaban J connectivity index is 1.74. The Hall–Kier alpha value is -1.08. The first-order chi connectivity index (χ1) is 11.5. The van der Waals surface area contributed by atoms with Gasteiger partial charge in [-0.3, -0.25) is 0 Å². The van der Waals surface area contributed by atoms with Gasteiger partial charge in [-0.05, 0) is 42.0 Å². The molecule has 2 rings (SSSR count). The van der Waals surface area contributed by atoms with Crippen LogP contribution in [0.3, 0.4) is 0 Å². The highest BCUT2D eigenvalue weighted by atomic mass is 35.5. The van der Waals surface area contributed by atoms with E-state index in [2.05, 4.69) is 10.6 Å². The first-order valence-corrected chi connectivity index (χ1v) is 9.30. The van der Waals surface area contributed by atoms with Crippen LogP contribution in [0.2, 0.25) is 10.0 Å². The van der Waals surface area contributed by atoms with E-state index in [1.165, 1.54) is 6.07 Å². The van der Waals surface area contributed by atoms with Crippen molar-refractivity contribution in [1.29, 1.82) is 0 Å². The van der Waals surface area contributed by atoms with Crippen LogP contribution >= 0.6 is 47.2 Å². The molecule has 0 unspecified atom stereocenters. The minimum absolute atomic E-state index is 0.162. The molecule has 2 aromatic rings. The summed E-state index contributed by atoms with van der Waals surface area (Å²) in [5.41, 5.74) is 0.630. The van der Waals surface area contributed by atoms with Crippen molar-refractivity contribution in [3.8, 4) is 0 Å². The van der Waals surface area contributed by atoms with E-state index in [1.807, 2.05) is 0 Å². The molecule has 0 saturated carbocycles. The molecule has 2 aromatic carbocycles. The van der Waals surface area contributed by atoms with Gasteiger partial charge in [-0.25, -0.2) is 8.78 Å². The fourth-order valence-corrected chi connectivity index (χ4v) is 3.66. The van der Waals surface area contributed by atoms with Crippen molar-refractivity contribution in [2.75, 3.05) is 17.6 Å². The lowest BCUT2D eigenvalue weighted by Crippen LogP contribution is -2.31. The minimum Gasteiger partial charge on any atom is -0.362 e. The van der Waals surface area contributed by atoms with E-state index in [1.54, 1.807) is 30.0 Å². The lowest BCUT2D eigenvalue weighted by atomic mass is 10.2. The molecule has 0 atom stereocenters. The number of nitrogens with one attached hydrogen (secondary N) is 2. The zero-order valence-corrected chi connectivity index (χ0v) is 15.6. The van der Waals surface area contributed by atoms with Crippen molar-refractivity contribution < 1.29 is 8.78 Å². The highest BCUT2D eigenvalue weighted by Gasteiger charge is 2.09. The summed E-state index contributed by atoms with van der Waals surface area (Å²) < 4.78 is 27.0. The molecule has 0 radical (unpaired) electrons. The second-order valence-electron chi connectivity index (χ2n) is 4.73. The lowest BCUT2D eigenvalue weighted by molar-refractivity contribution is 0.591. The Bertz CT molecular complexity index is 689. The van der Waals surface area contributed by atoms with E-state index in [4.69, 9.17) is 35.4 Å². The van der Waals surface area contributed by atoms with Gasteiger partial charge in [0.25, 0.3) is 0 Å². The molecule has 0 aromatic heterocycles. The fraction of sp³-hybridized carbons (Fsp3) is 0.188. The van der Waals surface area contributed by atoms with Crippen molar-refractivity contribution >= 4 is 58.0 Å². The van der Waals surface area contributed by atoms with Crippen LogP contribution in [0, 0.1) is 11.6 Å². The standard InChI is InChI=1S/C16H14Cl2F2N2S2/c17-11-3-1-4-12(18)10(11)9-24-8-7-21-16(23)22-15-13(19)5-2-6-14(15)20/h1-6H,7-9H2,(H2,21,22,23). The molecule has 128 valence electrons. The summed E-state index contributed by atoms with van der Waals surface area (Å²) in [5, 5.41) is 6.86. The maximum absolute atomic E-state index is 13.5. The third-order valence-electron chi connectivity index (χ3n) is 3.04. The lowest BCUT2D eigenvalue weighted by Gasteiger charge is -2.12. The molecular formula is C16H14Cl2F2N2S2. The molecule has 2 nitrogen and oxygen atoms in total. The molecule has 0 aliphatic rings. The van der Waals surface area contributed by atoms with Gasteiger partial charge in [0.05, 0.1) is 0 Å². The van der Waals surface area contributed by atoms with Crippen LogP contribution in [0.15, 0.2) is 36.4 Å². The summed E-state index contributed by atoms with van der Waals surface area (Å²) in [4.78, 5) is 0. The van der Waals surface area contributed by atoms with Gasteiger partial charge < -0.3 is 10.6 Å². The van der Waals surface area contributed by atoms with Crippen molar-refractivity contribution in [2.45, 2.75) is 5.75 Å². The van der Waals surface area contributed by atoms with Gasteiger partial charge in [-0.1, -0.05) is 35.3 Å². The molecule has 8 heteroatoms. The van der Waals surface area contributed by atoms with Gasteiger partial charge >= 0.3 is 0 Å². The molecule has 0 bridgehead atoms. The Morgan fingerprint density at radius 1 is 1.04 bits per heavy atom. The Morgan fingerprint density at radius 3 is 2.25 bits per heavy atom. The van der Waals surface area contributed by atoms with E-state index in [0.29, 0.717) is 22.3 Å². The second kappa shape index (κ2) is 9.42. The van der Waals surface area contributed by atoms with E-state index in [0.717, 1.165) is 23.4 Å². The molecule has 0 saturated heterocycles. The van der Waals surface area contributed by atoms with Crippen molar-refractivity contribution in [1.82, 2.24) is 5.32 Å². The zero-order valence-electron chi connectivity index (χ0n) is 12.4. The van der Waals surface area contributed by atoms with Crippen LogP contribution in [-0.4, -0.2) is 17.4 Å². The average molecular weight is 407 g/mol. The minimum atomic E-state index is -0.693. The summed E-state index contributed by atoms with van der Waals surface area (Å²) in [6.07, 6.45) is 0. The first-order valence-electron chi connectivity index (χ1n) is 6.98. The van der Waals surface area contributed by atoms with Crippen LogP contribution < -0.4 is 10.6 Å². The topological polar surface area (TPSA) is 24.1 Å². The zero-order chi connectivity index (χ0) is 17.5. The summed E-state index contributed by atoms with van der Waals surface area (Å²) in [6.45, 7) is 0.536. The largest absolute Gasteiger partial charge is 0.362 e. The summed E-state index contributed by atoms with van der Waals surface area (Å²) >= 11 is 18.9. The van der Waals surface area contributed by atoms with Crippen LogP contribution in [0.5, 0.6) is 0 Å². The predicted octanol–water partition coefficient (Wildman–Crippen LogP) is 5.49. The maximum Gasteiger partial charge on any atom is 0.170 e. The molecular weight excluding hydrogens is 393 g/mol. The number of thioether (sulfide) groups is 1. The fourth-order valence-electron chi connectivity index (χ4n) is 1.86. The number of hydrogen-bond donors (Lipinski definition) is 2. The number of rotatable bonds is 6. The maximum atomic E-state index is 13.5. The molecule has 0 fully saturated rings. The van der Waals surface area contributed by atoms with E-state index in [9.17, 15) is 8.78 Å². The third-order valence-corrected chi connectivity index (χ3v) is 4.98. The van der Waals surface area contributed by atoms with Gasteiger partial charge in [0, 0.05) is 28.1 Å². The number of hydrogen-bond acceptors (Lipinski definition) is 2. The third kappa shape index (κ3) is 5.48. The molecule has 0 spiro atoms. The molecule has 24 heavy (non-hydrogen) atoms. The van der Waals surface area contributed by atoms with Gasteiger partial charge in [0.2, 0.25) is 0 Å². The van der Waals surface area contributed by atoms with Gasteiger partial charge in [0.15, 0.2) is 5.11 Å². The van der Waals surface area contributed by atoms with Crippen LogP contribution in [0.25, 0.3) is 0 Å². The Kier molecular flexibility index (Phi) is 7.55. The van der Waals surface area contributed by atoms with Crippen molar-refractivity contribution in [3.63, 3.8) is 0 Å². The predicted molar refractivity (Wildman–Crippen MR) is 103 cm³/mol. The first kappa shape index (κ1) is 19.2. The van der Waals surface area contributed by atoms with E-state index < -0.39 is 11.6 Å². The van der Waals surface area contributed by atoms with Gasteiger partial charge in [-0.2, -0.15) is 11.8 Å². The molecule has 0 heterocycles. The average Bonchev–Trinajstić information content (AvgIpc) is 2.53. The van der Waals surface area contributed by atoms with Crippen LogP contribution in [0.1, 0.15) is 5.56 Å². The number of para-hydroxylation sites is 1. The molecule has 0 aliphatic heterocycles. The molecule has 0 amide bonds. The van der Waals surface area contributed by atoms with Crippen molar-refractivity contribution in [3.05, 3.63) is 63.6 Å². The highest BCUT2D eigenvalue weighted by Crippen LogP contribution is 2.28. The SMILES string of the molecule is Fc1cccc(F)c1NC(=S)NCCSCc1c(Cl)cccc1Cl. The Labute approximate surface area is 158 Å². The number of anilines is 1. The quantitative estimate of drug-likeness (QED) is 0.489.